The Morgan fingerprint density at radius 2 is 1.93 bits per heavy atom. The molecule has 0 unspecified atom stereocenters. The monoisotopic (exact) mass is 320 g/mol. The summed E-state index contributed by atoms with van der Waals surface area (Å²) in [5, 5.41) is 8.87. The summed E-state index contributed by atoms with van der Waals surface area (Å²) >= 11 is 3.69. The number of benzene rings is 1. The van der Waals surface area contributed by atoms with E-state index in [0.29, 0.717) is 0 Å². The van der Waals surface area contributed by atoms with Gasteiger partial charge in [-0.2, -0.15) is 0 Å². The maximum Gasteiger partial charge on any atom is 0.178 e. The maximum atomic E-state index is 12.6. The molecule has 1 aromatic carbocycles. The second-order valence-corrected chi connectivity index (χ2v) is 5.57. The number of hydrogen-bond donors (Lipinski definition) is 0. The van der Waals surface area contributed by atoms with Gasteiger partial charge in [-0.15, -0.1) is 10.2 Å². The molecule has 2 rings (SSSR count). The number of hydrogen-bond acceptors (Lipinski definition) is 3. The van der Waals surface area contributed by atoms with E-state index in [2.05, 4.69) is 32.8 Å². The van der Waals surface area contributed by atoms with E-state index in [1.54, 1.807) is 23.5 Å². The normalized spacial score (nSPS) is 10.4. The van der Waals surface area contributed by atoms with Gasteiger partial charge in [-0.25, -0.2) is 4.39 Å². The molecular formula is C9H6FIN2S. The van der Waals surface area contributed by atoms with Crippen LogP contribution in [0.3, 0.4) is 0 Å². The van der Waals surface area contributed by atoms with Crippen molar-refractivity contribution in [1.82, 2.24) is 10.2 Å². The van der Waals surface area contributed by atoms with E-state index in [9.17, 15) is 4.39 Å². The highest BCUT2D eigenvalue weighted by Crippen LogP contribution is 2.15. The molecule has 0 amide bonds. The third-order valence-corrected chi connectivity index (χ3v) is 3.30. The van der Waals surface area contributed by atoms with E-state index >= 15 is 0 Å². The summed E-state index contributed by atoms with van der Waals surface area (Å²) in [7, 11) is 0. The van der Waals surface area contributed by atoms with Gasteiger partial charge in [0.1, 0.15) is 10.8 Å². The first kappa shape index (κ1) is 9.97. The van der Waals surface area contributed by atoms with Gasteiger partial charge < -0.3 is 0 Å². The van der Waals surface area contributed by atoms with E-state index in [1.807, 2.05) is 0 Å². The first-order chi connectivity index (χ1) is 6.74. The molecular weight excluding hydrogens is 314 g/mol. The SMILES string of the molecule is Fc1ccc(Cc2nnc(I)s2)cc1. The minimum atomic E-state index is -0.208. The minimum absolute atomic E-state index is 0.208. The Kier molecular flexibility index (Phi) is 3.07. The molecule has 14 heavy (non-hydrogen) atoms. The Morgan fingerprint density at radius 3 is 2.50 bits per heavy atom. The first-order valence-electron chi connectivity index (χ1n) is 3.96. The van der Waals surface area contributed by atoms with Crippen LogP contribution < -0.4 is 0 Å². The topological polar surface area (TPSA) is 25.8 Å². The van der Waals surface area contributed by atoms with Crippen molar-refractivity contribution in [1.29, 1.82) is 0 Å². The number of rotatable bonds is 2. The lowest BCUT2D eigenvalue weighted by Gasteiger charge is -1.95. The van der Waals surface area contributed by atoms with Crippen molar-refractivity contribution in [2.24, 2.45) is 0 Å². The molecule has 5 heteroatoms. The van der Waals surface area contributed by atoms with E-state index in [0.717, 1.165) is 20.0 Å². The average Bonchev–Trinajstić information content (AvgIpc) is 2.56. The summed E-state index contributed by atoms with van der Waals surface area (Å²) in [5.74, 6) is -0.208. The van der Waals surface area contributed by atoms with E-state index in [4.69, 9.17) is 0 Å². The summed E-state index contributed by atoms with van der Waals surface area (Å²) in [6.45, 7) is 0. The minimum Gasteiger partial charge on any atom is -0.207 e. The molecule has 0 spiro atoms. The Labute approximate surface area is 98.3 Å². The lowest BCUT2D eigenvalue weighted by molar-refractivity contribution is 0.627. The Balaban J connectivity index is 2.15. The molecule has 0 fully saturated rings. The Bertz CT molecular complexity index is 427. The van der Waals surface area contributed by atoms with Crippen molar-refractivity contribution in [2.45, 2.75) is 6.42 Å². The van der Waals surface area contributed by atoms with Gasteiger partial charge in [0.15, 0.2) is 3.01 Å². The third kappa shape index (κ3) is 2.48. The van der Waals surface area contributed by atoms with Crippen LogP contribution in [-0.2, 0) is 6.42 Å². The van der Waals surface area contributed by atoms with Crippen molar-refractivity contribution < 1.29 is 4.39 Å². The first-order valence-corrected chi connectivity index (χ1v) is 5.86. The van der Waals surface area contributed by atoms with E-state index in [-0.39, 0.29) is 5.82 Å². The zero-order chi connectivity index (χ0) is 9.97. The molecule has 0 saturated carbocycles. The van der Waals surface area contributed by atoms with Crippen LogP contribution in [0.2, 0.25) is 0 Å². The smallest absolute Gasteiger partial charge is 0.178 e. The van der Waals surface area contributed by atoms with Crippen LogP contribution in [0.4, 0.5) is 4.39 Å². The van der Waals surface area contributed by atoms with Gasteiger partial charge >= 0.3 is 0 Å². The summed E-state index contributed by atoms with van der Waals surface area (Å²) < 4.78 is 13.5. The van der Waals surface area contributed by atoms with Crippen LogP contribution in [0.25, 0.3) is 0 Å². The van der Waals surface area contributed by atoms with Crippen LogP contribution in [-0.4, -0.2) is 10.2 Å². The van der Waals surface area contributed by atoms with Gasteiger partial charge in [-0.05, 0) is 40.3 Å². The van der Waals surface area contributed by atoms with Gasteiger partial charge in [0.2, 0.25) is 0 Å². The molecule has 0 aliphatic rings. The lowest BCUT2D eigenvalue weighted by atomic mass is 10.2. The fourth-order valence-electron chi connectivity index (χ4n) is 1.08. The van der Waals surface area contributed by atoms with Gasteiger partial charge in [0.05, 0.1) is 0 Å². The molecule has 0 atom stereocenters. The predicted molar refractivity (Wildman–Crippen MR) is 61.8 cm³/mol. The van der Waals surface area contributed by atoms with Crippen LogP contribution in [0.1, 0.15) is 10.6 Å². The maximum absolute atomic E-state index is 12.6. The number of aromatic nitrogens is 2. The van der Waals surface area contributed by atoms with Crippen molar-refractivity contribution in [3.63, 3.8) is 0 Å². The molecule has 0 saturated heterocycles. The Hall–Kier alpha value is -0.560. The number of halogens is 2. The molecule has 0 bridgehead atoms. The quantitative estimate of drug-likeness (QED) is 0.795. The van der Waals surface area contributed by atoms with Gasteiger partial charge in [-0.3, -0.25) is 0 Å². The summed E-state index contributed by atoms with van der Waals surface area (Å²) in [6, 6.07) is 6.45. The third-order valence-electron chi connectivity index (χ3n) is 1.71. The molecule has 0 N–H and O–H groups in total. The summed E-state index contributed by atoms with van der Waals surface area (Å²) in [6.07, 6.45) is 0.723. The fraction of sp³-hybridized carbons (Fsp3) is 0.111. The molecule has 1 heterocycles. The van der Waals surface area contributed by atoms with Crippen LogP contribution in [0.5, 0.6) is 0 Å². The molecule has 72 valence electrons. The van der Waals surface area contributed by atoms with Crippen LogP contribution >= 0.6 is 33.9 Å². The van der Waals surface area contributed by atoms with Crippen LogP contribution in [0.15, 0.2) is 24.3 Å². The van der Waals surface area contributed by atoms with Crippen LogP contribution in [0, 0.1) is 8.83 Å². The number of nitrogens with zero attached hydrogens (tertiary/aromatic N) is 2. The van der Waals surface area contributed by atoms with Gasteiger partial charge in [-0.1, -0.05) is 23.5 Å². The fourth-order valence-corrected chi connectivity index (χ4v) is 2.55. The van der Waals surface area contributed by atoms with Crippen molar-refractivity contribution >= 4 is 33.9 Å². The zero-order valence-corrected chi connectivity index (χ0v) is 10.0. The highest BCUT2D eigenvalue weighted by molar-refractivity contribution is 14.1. The lowest BCUT2D eigenvalue weighted by Crippen LogP contribution is -1.87. The average molecular weight is 320 g/mol. The highest BCUT2D eigenvalue weighted by atomic mass is 127. The predicted octanol–water partition coefficient (Wildman–Crippen LogP) is 2.87. The molecule has 0 aliphatic heterocycles. The van der Waals surface area contributed by atoms with Crippen molar-refractivity contribution in [3.05, 3.63) is 43.7 Å². The van der Waals surface area contributed by atoms with Gasteiger partial charge in [0, 0.05) is 6.42 Å². The Morgan fingerprint density at radius 1 is 1.21 bits per heavy atom. The molecule has 0 radical (unpaired) electrons. The summed E-state index contributed by atoms with van der Waals surface area (Å²) in [4.78, 5) is 0. The highest BCUT2D eigenvalue weighted by Gasteiger charge is 2.02. The van der Waals surface area contributed by atoms with E-state index in [1.165, 1.54) is 12.1 Å². The molecule has 2 nitrogen and oxygen atoms in total. The second-order valence-electron chi connectivity index (χ2n) is 2.75. The van der Waals surface area contributed by atoms with Gasteiger partial charge in [0.25, 0.3) is 0 Å². The van der Waals surface area contributed by atoms with E-state index < -0.39 is 0 Å². The second kappa shape index (κ2) is 4.31. The standard InChI is InChI=1S/C9H6FIN2S/c10-7-3-1-6(2-4-7)5-8-12-13-9(11)14-8/h1-4H,5H2. The van der Waals surface area contributed by atoms with Crippen molar-refractivity contribution in [3.8, 4) is 0 Å². The molecule has 1 aromatic heterocycles. The molecule has 2 aromatic rings. The largest absolute Gasteiger partial charge is 0.207 e. The van der Waals surface area contributed by atoms with Crippen molar-refractivity contribution in [2.75, 3.05) is 0 Å². The summed E-state index contributed by atoms with van der Waals surface area (Å²) in [5.41, 5.74) is 1.05. The molecule has 0 aliphatic carbocycles. The zero-order valence-electron chi connectivity index (χ0n) is 7.08.